The molecule has 9 heteroatoms. The molecule has 18 heavy (non-hydrogen) atoms. The smallest absolute Gasteiger partial charge is 0.748 e. The Kier molecular flexibility index (Phi) is 7.01. The third kappa shape index (κ3) is 5.79. The van der Waals surface area contributed by atoms with Gasteiger partial charge in [-0.2, -0.15) is 0 Å². The minimum atomic E-state index is -4.36. The molecule has 96 valence electrons. The number of sulfone groups is 1. The molecule has 0 aliphatic carbocycles. The Bertz CT molecular complexity index is 576. The van der Waals surface area contributed by atoms with Gasteiger partial charge in [-0.25, -0.2) is 16.8 Å². The summed E-state index contributed by atoms with van der Waals surface area (Å²) in [6.07, 6.45) is 0. The molecule has 0 aliphatic heterocycles. The van der Waals surface area contributed by atoms with Gasteiger partial charge < -0.3 is 9.29 Å². The maximum atomic E-state index is 11.5. The first kappa shape index (κ1) is 18.0. The quantitative estimate of drug-likeness (QED) is 0.428. The maximum Gasteiger partial charge on any atom is 1.00 e. The Morgan fingerprint density at radius 1 is 1.11 bits per heavy atom. The SMILES string of the molecule is COCS(=O)(=O)c1ccc(CS(=O)(=O)[O-])cc1.[Na+]. The standard InChI is InChI=1S/C9H12O6S2.Na/c1-15-7-16(10,11)9-4-2-8(3-5-9)6-17(12,13)14;/h2-5H,6-7H2,1H3,(H,12,13,14);/q;+1/p-1. The van der Waals surface area contributed by atoms with Gasteiger partial charge in [-0.15, -0.1) is 0 Å². The van der Waals surface area contributed by atoms with Crippen LogP contribution in [-0.4, -0.2) is 34.4 Å². The summed E-state index contributed by atoms with van der Waals surface area (Å²) >= 11 is 0. The Hall–Kier alpha value is 0.0400. The van der Waals surface area contributed by atoms with Crippen molar-refractivity contribution in [3.8, 4) is 0 Å². The number of hydrogen-bond acceptors (Lipinski definition) is 6. The zero-order valence-electron chi connectivity index (χ0n) is 9.99. The predicted molar refractivity (Wildman–Crippen MR) is 58.9 cm³/mol. The van der Waals surface area contributed by atoms with E-state index in [1.807, 2.05) is 0 Å². The molecule has 1 aromatic carbocycles. The number of hydrogen-bond donors (Lipinski definition) is 0. The van der Waals surface area contributed by atoms with Crippen LogP contribution < -0.4 is 29.6 Å². The summed E-state index contributed by atoms with van der Waals surface area (Å²) in [7, 11) is -6.62. The predicted octanol–water partition coefficient (Wildman–Crippen LogP) is -2.89. The molecule has 1 rings (SSSR count). The maximum absolute atomic E-state index is 11.5. The van der Waals surface area contributed by atoms with E-state index in [9.17, 15) is 21.4 Å². The Labute approximate surface area is 128 Å². The van der Waals surface area contributed by atoms with Crippen LogP contribution in [0.25, 0.3) is 0 Å². The van der Waals surface area contributed by atoms with E-state index in [2.05, 4.69) is 4.74 Å². The Balaban J connectivity index is 0.00000289. The molecule has 6 nitrogen and oxygen atoms in total. The second kappa shape index (κ2) is 6.99. The average Bonchev–Trinajstić information content (AvgIpc) is 2.15. The first-order valence-corrected chi connectivity index (χ1v) is 7.72. The summed E-state index contributed by atoms with van der Waals surface area (Å²) in [6, 6.07) is 5.07. The van der Waals surface area contributed by atoms with E-state index in [1.54, 1.807) is 0 Å². The monoisotopic (exact) mass is 302 g/mol. The fourth-order valence-electron chi connectivity index (χ4n) is 1.22. The number of rotatable bonds is 5. The van der Waals surface area contributed by atoms with Crippen molar-refractivity contribution in [3.63, 3.8) is 0 Å². The molecule has 0 spiro atoms. The van der Waals surface area contributed by atoms with E-state index in [4.69, 9.17) is 0 Å². The third-order valence-corrected chi connectivity index (χ3v) is 4.12. The molecule has 0 amide bonds. The summed E-state index contributed by atoms with van der Waals surface area (Å²) < 4.78 is 59.1. The molecule has 0 fully saturated rings. The van der Waals surface area contributed by atoms with Crippen molar-refractivity contribution >= 4 is 20.0 Å². The van der Waals surface area contributed by atoms with E-state index in [-0.39, 0.29) is 40.0 Å². The van der Waals surface area contributed by atoms with Gasteiger partial charge in [0.2, 0.25) is 9.84 Å². The normalized spacial score (nSPS) is 11.9. The minimum absolute atomic E-state index is 0. The number of ether oxygens (including phenoxy) is 1. The van der Waals surface area contributed by atoms with E-state index < -0.39 is 31.6 Å². The van der Waals surface area contributed by atoms with Crippen molar-refractivity contribution < 1.29 is 55.7 Å². The van der Waals surface area contributed by atoms with Gasteiger partial charge >= 0.3 is 29.6 Å². The van der Waals surface area contributed by atoms with Gasteiger partial charge in [0.15, 0.2) is 5.94 Å². The van der Waals surface area contributed by atoms with Crippen LogP contribution in [0, 0.1) is 0 Å². The van der Waals surface area contributed by atoms with E-state index in [0.29, 0.717) is 0 Å². The van der Waals surface area contributed by atoms with Crippen molar-refractivity contribution in [1.82, 2.24) is 0 Å². The van der Waals surface area contributed by atoms with Crippen molar-refractivity contribution in [3.05, 3.63) is 29.8 Å². The van der Waals surface area contributed by atoms with Gasteiger partial charge in [0.1, 0.15) is 0 Å². The van der Waals surface area contributed by atoms with Gasteiger partial charge in [0, 0.05) is 7.11 Å². The van der Waals surface area contributed by atoms with E-state index >= 15 is 0 Å². The molecule has 0 atom stereocenters. The summed E-state index contributed by atoms with van der Waals surface area (Å²) in [5.41, 5.74) is 0.247. The first-order valence-electron chi connectivity index (χ1n) is 4.49. The van der Waals surface area contributed by atoms with Crippen molar-refractivity contribution in [1.29, 1.82) is 0 Å². The summed E-state index contributed by atoms with van der Waals surface area (Å²) in [5, 5.41) is 0. The fourth-order valence-corrected chi connectivity index (χ4v) is 2.82. The third-order valence-electron chi connectivity index (χ3n) is 1.90. The van der Waals surface area contributed by atoms with Crippen LogP contribution >= 0.6 is 0 Å². The molecule has 0 bridgehead atoms. The van der Waals surface area contributed by atoms with Gasteiger partial charge in [-0.1, -0.05) is 12.1 Å². The minimum Gasteiger partial charge on any atom is -0.748 e. The van der Waals surface area contributed by atoms with Crippen LogP contribution in [0.1, 0.15) is 5.56 Å². The molecular formula is C9H11NaO6S2. The van der Waals surface area contributed by atoms with Crippen molar-refractivity contribution in [2.24, 2.45) is 0 Å². The van der Waals surface area contributed by atoms with Crippen LogP contribution in [-0.2, 0) is 30.4 Å². The second-order valence-electron chi connectivity index (χ2n) is 3.37. The van der Waals surface area contributed by atoms with Gasteiger partial charge in [0.05, 0.1) is 20.8 Å². The molecule has 0 N–H and O–H groups in total. The largest absolute Gasteiger partial charge is 1.00 e. The molecule has 1 aromatic rings. The van der Waals surface area contributed by atoms with E-state index in [0.717, 1.165) is 0 Å². The topological polar surface area (TPSA) is 101 Å². The molecule has 0 aliphatic rings. The molecular weight excluding hydrogens is 291 g/mol. The average molecular weight is 302 g/mol. The fraction of sp³-hybridized carbons (Fsp3) is 0.333. The second-order valence-corrected chi connectivity index (χ2v) is 6.71. The Morgan fingerprint density at radius 2 is 1.61 bits per heavy atom. The zero-order valence-corrected chi connectivity index (χ0v) is 13.6. The molecule has 0 unspecified atom stereocenters. The molecule has 0 aromatic heterocycles. The van der Waals surface area contributed by atoms with Gasteiger partial charge in [-0.3, -0.25) is 0 Å². The number of benzene rings is 1. The van der Waals surface area contributed by atoms with Gasteiger partial charge in [0.25, 0.3) is 0 Å². The van der Waals surface area contributed by atoms with Crippen LogP contribution in [0.3, 0.4) is 0 Å². The van der Waals surface area contributed by atoms with Crippen molar-refractivity contribution in [2.45, 2.75) is 10.6 Å². The van der Waals surface area contributed by atoms with Crippen LogP contribution in [0.5, 0.6) is 0 Å². The summed E-state index contributed by atoms with van der Waals surface area (Å²) in [6.45, 7) is 0. The molecule has 0 heterocycles. The van der Waals surface area contributed by atoms with Crippen LogP contribution in [0.4, 0.5) is 0 Å². The van der Waals surface area contributed by atoms with Crippen molar-refractivity contribution in [2.75, 3.05) is 13.0 Å². The first-order chi connectivity index (χ1) is 7.74. The molecule has 0 radical (unpaired) electrons. The molecule has 0 saturated carbocycles. The van der Waals surface area contributed by atoms with E-state index in [1.165, 1.54) is 31.4 Å². The zero-order chi connectivity index (χ0) is 13.1. The van der Waals surface area contributed by atoms with Crippen LogP contribution in [0.2, 0.25) is 0 Å². The molecule has 0 saturated heterocycles. The summed E-state index contributed by atoms with van der Waals surface area (Å²) in [5.74, 6) is -1.11. The Morgan fingerprint density at radius 3 is 2.00 bits per heavy atom. The van der Waals surface area contributed by atoms with Crippen LogP contribution in [0.15, 0.2) is 29.2 Å². The van der Waals surface area contributed by atoms with Gasteiger partial charge in [-0.05, 0) is 17.7 Å². The number of methoxy groups -OCH3 is 1. The summed E-state index contributed by atoms with van der Waals surface area (Å²) in [4.78, 5) is 0.0198.